The molecule has 4 heterocycles. The highest BCUT2D eigenvalue weighted by atomic mass is 32.1. The van der Waals surface area contributed by atoms with Gasteiger partial charge in [0.05, 0.1) is 107 Å². The molecule has 0 aliphatic rings. The molecule has 5 amide bonds. The van der Waals surface area contributed by atoms with Gasteiger partial charge in [-0.2, -0.15) is 21.0 Å². The molecule has 0 spiro atoms. The molecule has 29 heteroatoms. The molecule has 12 aromatic rings. The summed E-state index contributed by atoms with van der Waals surface area (Å²) >= 11 is 6.22. The van der Waals surface area contributed by atoms with Crippen molar-refractivity contribution in [1.82, 2.24) is 46.5 Å². The number of hydrogen-bond donors (Lipinski definition) is 5. The minimum Gasteiger partial charge on any atom is -0.359 e. The Hall–Kier alpha value is -14.7. The Morgan fingerprint density at radius 2 is 0.554 bits per heavy atom. The van der Waals surface area contributed by atoms with Gasteiger partial charge in [-0.15, -0.1) is 45.3 Å². The number of aromatic nitrogens is 4. The number of Topliss-reactive ketones (excluding diaryl/α,β-unsaturated/α-hetero) is 7. The second-order valence-electron chi connectivity index (χ2n) is 36.8. The van der Waals surface area contributed by atoms with E-state index >= 15 is 0 Å². The van der Waals surface area contributed by atoms with E-state index < -0.39 is 23.7 Å². The van der Waals surface area contributed by atoms with Gasteiger partial charge in [0.15, 0.2) is 23.1 Å². The molecule has 0 saturated heterocycles. The molecule has 0 bridgehead atoms. The first-order valence-electron chi connectivity index (χ1n) is 50.4. The Bertz CT molecular complexity index is 6650. The zero-order valence-corrected chi connectivity index (χ0v) is 88.9. The third-order valence-corrected chi connectivity index (χ3v) is 29.5. The zero-order chi connectivity index (χ0) is 107. The number of nitrogens with zero attached hydrogens (tertiary/aromatic N) is 8. The van der Waals surface area contributed by atoms with Crippen molar-refractivity contribution in [2.45, 2.75) is 246 Å². The summed E-state index contributed by atoms with van der Waals surface area (Å²) in [5.74, 6) is -4.73. The van der Waals surface area contributed by atoms with Crippen molar-refractivity contribution >= 4 is 156 Å². The molecule has 0 unspecified atom stereocenters. The lowest BCUT2D eigenvalue weighted by molar-refractivity contribution is -0.130. The number of benzene rings is 8. The lowest BCUT2D eigenvalue weighted by Crippen LogP contribution is -2.42. The van der Waals surface area contributed by atoms with Crippen LogP contribution in [0.5, 0.6) is 0 Å². The predicted octanol–water partition coefficient (Wildman–Crippen LogP) is 20.9. The summed E-state index contributed by atoms with van der Waals surface area (Å²) in [4.78, 5) is 171. The fourth-order valence-electron chi connectivity index (χ4n) is 16.8. The van der Waals surface area contributed by atoms with Crippen LogP contribution in [0.2, 0.25) is 0 Å². The van der Waals surface area contributed by atoms with Gasteiger partial charge < -0.3 is 31.4 Å². The molecule has 0 aliphatic heterocycles. The number of nitrogens with one attached hydrogen (secondary N) is 5. The van der Waals surface area contributed by atoms with Crippen LogP contribution in [0, 0.1) is 69.0 Å². The molecule has 148 heavy (non-hydrogen) atoms. The molecule has 0 aliphatic carbocycles. The number of ketones is 7. The van der Waals surface area contributed by atoms with Crippen molar-refractivity contribution in [3.8, 4) is 24.3 Å². The predicted molar refractivity (Wildman–Crippen MR) is 587 cm³/mol. The Kier molecular flexibility index (Phi) is 48.2. The second kappa shape index (κ2) is 61.0. The van der Waals surface area contributed by atoms with Gasteiger partial charge in [0.2, 0.25) is 29.5 Å². The fraction of sp³-hybridized carbons (Fsp3) is 0.361. The summed E-state index contributed by atoms with van der Waals surface area (Å²) in [7, 11) is 1.55. The number of fused-ring (bicyclic) bond motifs is 4. The number of nitriles is 4. The first kappa shape index (κ1) is 117. The highest BCUT2D eigenvalue weighted by Gasteiger charge is 2.33. The van der Waals surface area contributed by atoms with Gasteiger partial charge in [0.1, 0.15) is 41.6 Å². The largest absolute Gasteiger partial charge is 0.359 e. The molecular formula is C119H131N13O12S4. The van der Waals surface area contributed by atoms with E-state index in [1.54, 1.807) is 83.6 Å². The van der Waals surface area contributed by atoms with Crippen molar-refractivity contribution < 1.29 is 57.5 Å². The number of thiazole rings is 4. The third kappa shape index (κ3) is 38.6. The Morgan fingerprint density at radius 1 is 0.311 bits per heavy atom. The summed E-state index contributed by atoms with van der Waals surface area (Å²) in [5.41, 5.74) is 12.2. The van der Waals surface area contributed by atoms with Crippen LogP contribution in [0.4, 0.5) is 0 Å². The van der Waals surface area contributed by atoms with Gasteiger partial charge in [-0.05, 0) is 183 Å². The number of hydrogen-bond acceptors (Lipinski definition) is 24. The van der Waals surface area contributed by atoms with Crippen molar-refractivity contribution in [3.63, 3.8) is 0 Å². The van der Waals surface area contributed by atoms with Crippen LogP contribution in [0.3, 0.4) is 0 Å². The second-order valence-corrected chi connectivity index (χ2v) is 41.3. The van der Waals surface area contributed by atoms with E-state index in [0.29, 0.717) is 89.9 Å². The molecule has 0 fully saturated rings. The highest BCUT2D eigenvalue weighted by Crippen LogP contribution is 2.33. The first-order chi connectivity index (χ1) is 71.2. The normalized spacial score (nSPS) is 12.4. The third-order valence-electron chi connectivity index (χ3n) is 25.4. The van der Waals surface area contributed by atoms with Gasteiger partial charge in [-0.3, -0.25) is 52.7 Å². The molecule has 4 aromatic heterocycles. The van der Waals surface area contributed by atoms with Gasteiger partial charge in [0, 0.05) is 121 Å². The lowest BCUT2D eigenvalue weighted by Gasteiger charge is -2.22. The maximum atomic E-state index is 13.6. The van der Waals surface area contributed by atoms with Gasteiger partial charge in [0.25, 0.3) is 0 Å². The molecule has 0 radical (unpaired) electrons. The van der Waals surface area contributed by atoms with E-state index in [-0.39, 0.29) is 168 Å². The van der Waals surface area contributed by atoms with Gasteiger partial charge >= 0.3 is 0 Å². The molecule has 12 rings (SSSR count). The molecular weight excluding hydrogens is 1930 g/mol. The Labute approximate surface area is 883 Å². The number of amides is 5. The highest BCUT2D eigenvalue weighted by molar-refractivity contribution is 7.19. The van der Waals surface area contributed by atoms with Crippen LogP contribution in [0.1, 0.15) is 209 Å². The lowest BCUT2D eigenvalue weighted by atomic mass is 9.94. The van der Waals surface area contributed by atoms with Crippen LogP contribution in [0.15, 0.2) is 243 Å². The van der Waals surface area contributed by atoms with Crippen LogP contribution >= 0.6 is 45.3 Å². The molecule has 8 atom stereocenters. The van der Waals surface area contributed by atoms with Crippen LogP contribution in [0.25, 0.3) is 40.9 Å². The number of allylic oxidation sites excluding steroid dienone is 4. The van der Waals surface area contributed by atoms with E-state index in [2.05, 4.69) is 129 Å². The van der Waals surface area contributed by atoms with Crippen molar-refractivity contribution in [3.05, 3.63) is 307 Å². The minimum atomic E-state index is -0.616. The average molecular weight is 2060 g/mol. The minimum absolute atomic E-state index is 0.0228. The first-order valence-corrected chi connectivity index (χ1v) is 53.7. The summed E-state index contributed by atoms with van der Waals surface area (Å²) in [6.07, 6.45) is 11.2. The topological polar surface area (TPSA) is 412 Å². The molecule has 8 aromatic carbocycles. The summed E-state index contributed by atoms with van der Waals surface area (Å²) in [6, 6.07) is 69.4. The zero-order valence-electron chi connectivity index (χ0n) is 85.6. The molecule has 768 valence electrons. The van der Waals surface area contributed by atoms with Gasteiger partial charge in [-0.1, -0.05) is 213 Å². The van der Waals surface area contributed by atoms with E-state index in [1.165, 1.54) is 29.2 Å². The van der Waals surface area contributed by atoms with Crippen LogP contribution < -0.4 is 26.6 Å². The summed E-state index contributed by atoms with van der Waals surface area (Å²) in [6.45, 7) is 27.6. The standard InChI is InChI=1S/C31H35N3O3S.C30H33N3O3S.C29H32N4O3S.C29H31N3O3S/c1-4-9-26(35)18-24(19-30-34-27-14-12-22(5-2)17-29(27)38-30)31(37)33-25(13-15-28(36)21(3)20-32)16-23-10-7-6-8-11-23;1-4-21-11-13-26-28(16-21)37-29(33-26)18-23(17-25(34)5-2)30(36)32-24(12-14-27(35)20(3)19-31)15-22-9-7-6-8-10-22;1-4-20-10-12-24-26(15-20)37-28(33-24)17-22(16-27(35)31-3)29(36)32-23(11-13-25(34)19(2)18-30)14-21-8-6-5-7-9-21;1-4-21-10-12-25-27(16-21)36-28(32-25)17-23(14-20(3)33)29(35)31-24(11-13-26(34)19(2)18-30)15-22-8-6-5-7-9-22/h6-8,10-12,14,17,24-25H,3-5,9,13,15-16,18-19H2,1-2H3,(H,33,37);6-11,13,16,23-24H,3-5,12,14-15,17-18H2,1-2H3,(H,32,36);5-10,12,15,22-23H,2,4,11,13-14,16-17H2,1,3H3,(H,31,35)(H,32,36);5-10,12,16,23-24H,2,4,11,13-15,17H2,1,3H3,(H,31,35)/t24-,25+;23-,24+;22-,23+;23-,24+/m0000/s1. The molecule has 5 N–H and O–H groups in total. The number of carbonyl (C=O) groups excluding carboxylic acids is 12. The Morgan fingerprint density at radius 3 is 0.777 bits per heavy atom. The fourth-order valence-corrected chi connectivity index (χ4v) is 21.2. The van der Waals surface area contributed by atoms with Crippen LogP contribution in [-0.2, 0) is 135 Å². The SMILES string of the molecule is C=C(C#N)C(=O)CC[C@H](Cc1ccccc1)NC(=O)[C@@H](CC(=O)CC)Cc1nc2ccc(CC)cc2s1.C=C(C#N)C(=O)CC[C@H](Cc1ccccc1)NC(=O)[C@@H](CC(=O)CCC)Cc1nc2ccc(CC)cc2s1.C=C(C#N)C(=O)CC[C@H](Cc1ccccc1)NC(=O)[C@@H](CC(=O)NC)Cc1nc2ccc(CC)cc2s1.C=C(C#N)C(=O)CC[C@H](Cc1ccccc1)NC(=O)[C@@H](CC(C)=O)Cc1nc2ccc(CC)cc2s1. The quantitative estimate of drug-likeness (QED) is 0.0175. The summed E-state index contributed by atoms with van der Waals surface area (Å²) < 4.78 is 4.29. The van der Waals surface area contributed by atoms with E-state index in [4.69, 9.17) is 41.0 Å². The van der Waals surface area contributed by atoms with E-state index in [0.717, 1.165) is 115 Å². The van der Waals surface area contributed by atoms with Crippen molar-refractivity contribution in [2.24, 2.45) is 23.7 Å². The van der Waals surface area contributed by atoms with Crippen molar-refractivity contribution in [2.75, 3.05) is 7.05 Å². The summed E-state index contributed by atoms with van der Waals surface area (Å²) in [5, 5.41) is 54.1. The number of carbonyl (C=O) groups is 12. The smallest absolute Gasteiger partial charge is 0.224 e. The maximum absolute atomic E-state index is 13.6. The van der Waals surface area contributed by atoms with Gasteiger partial charge in [-0.25, -0.2) is 19.9 Å². The van der Waals surface area contributed by atoms with Crippen molar-refractivity contribution in [1.29, 1.82) is 21.0 Å². The average Bonchev–Trinajstić information content (AvgIpc) is 1.69. The van der Waals surface area contributed by atoms with Crippen LogP contribution in [-0.4, -0.2) is 121 Å². The number of aryl methyl sites for hydroxylation is 4. The van der Waals surface area contributed by atoms with E-state index in [9.17, 15) is 57.5 Å². The Balaban J connectivity index is 0.000000219. The molecule has 25 nitrogen and oxygen atoms in total. The van der Waals surface area contributed by atoms with E-state index in [1.807, 2.05) is 153 Å². The molecule has 0 saturated carbocycles. The number of rotatable bonds is 55. The maximum Gasteiger partial charge on any atom is 0.224 e. The monoisotopic (exact) mass is 2060 g/mol.